The molecule has 0 radical (unpaired) electrons. The van der Waals surface area contributed by atoms with Crippen LogP contribution in [0.4, 0.5) is 0 Å². The van der Waals surface area contributed by atoms with Crippen LogP contribution in [0.15, 0.2) is 48.5 Å². The fourth-order valence-electron chi connectivity index (χ4n) is 7.73. The normalized spacial score (nSPS) is 11.8. The van der Waals surface area contributed by atoms with E-state index >= 15 is 0 Å². The highest BCUT2D eigenvalue weighted by Crippen LogP contribution is 2.46. The Bertz CT molecular complexity index is 1660. The van der Waals surface area contributed by atoms with Gasteiger partial charge in [0.25, 0.3) is 0 Å². The molecule has 0 aliphatic carbocycles. The first-order chi connectivity index (χ1) is 27.5. The SMILES string of the molecule is COCc1cc(CCC(CCc2cc(COC)c(O)c(COC)c2)(c2cc(COC)c(O)c(COC)c2)c2cc(COC)c(O)c(COC)c2)cc(COC)c1O. The summed E-state index contributed by atoms with van der Waals surface area (Å²) in [5.74, 6) is 0.472. The number of aryl methyl sites for hydroxylation is 2. The van der Waals surface area contributed by atoms with Crippen molar-refractivity contribution in [1.29, 1.82) is 0 Å². The zero-order valence-corrected chi connectivity index (χ0v) is 34.7. The smallest absolute Gasteiger partial charge is 0.126 e. The lowest BCUT2D eigenvalue weighted by atomic mass is 9.66. The van der Waals surface area contributed by atoms with E-state index in [1.54, 1.807) is 56.9 Å². The van der Waals surface area contributed by atoms with E-state index in [1.165, 1.54) is 0 Å². The minimum absolute atomic E-state index is 0.0982. The maximum Gasteiger partial charge on any atom is 0.126 e. The fourth-order valence-corrected chi connectivity index (χ4v) is 7.73. The topological polar surface area (TPSA) is 155 Å². The van der Waals surface area contributed by atoms with E-state index < -0.39 is 5.41 Å². The number of benzene rings is 4. The maximum atomic E-state index is 11.4. The maximum absolute atomic E-state index is 11.4. The molecule has 12 nitrogen and oxygen atoms in total. The molecule has 12 heteroatoms. The number of aromatic hydroxyl groups is 4. The third-order valence-corrected chi connectivity index (χ3v) is 10.4. The van der Waals surface area contributed by atoms with E-state index in [9.17, 15) is 20.4 Å². The number of rotatable bonds is 24. The van der Waals surface area contributed by atoms with Crippen LogP contribution in [0.25, 0.3) is 0 Å². The van der Waals surface area contributed by atoms with Gasteiger partial charge >= 0.3 is 0 Å². The van der Waals surface area contributed by atoms with E-state index in [-0.39, 0.29) is 75.9 Å². The van der Waals surface area contributed by atoms with Gasteiger partial charge < -0.3 is 58.3 Å². The summed E-state index contributed by atoms with van der Waals surface area (Å²) in [5, 5.41) is 45.1. The fraction of sp³-hybridized carbons (Fsp3) is 0.467. The van der Waals surface area contributed by atoms with Gasteiger partial charge in [-0.2, -0.15) is 0 Å². The second-order valence-electron chi connectivity index (χ2n) is 14.4. The highest BCUT2D eigenvalue weighted by molar-refractivity contribution is 5.54. The largest absolute Gasteiger partial charge is 0.507 e. The number of phenols is 4. The van der Waals surface area contributed by atoms with Crippen LogP contribution < -0.4 is 0 Å². The third-order valence-electron chi connectivity index (χ3n) is 10.4. The van der Waals surface area contributed by atoms with E-state index in [1.807, 2.05) is 48.5 Å². The molecule has 0 spiro atoms. The van der Waals surface area contributed by atoms with Crippen LogP contribution >= 0.6 is 0 Å². The lowest BCUT2D eigenvalue weighted by Gasteiger charge is -2.38. The van der Waals surface area contributed by atoms with E-state index in [2.05, 4.69) is 0 Å². The molecule has 0 heterocycles. The van der Waals surface area contributed by atoms with Crippen molar-refractivity contribution >= 4 is 0 Å². The van der Waals surface area contributed by atoms with Gasteiger partial charge in [0.2, 0.25) is 0 Å². The zero-order valence-electron chi connectivity index (χ0n) is 34.7. The van der Waals surface area contributed by atoms with Gasteiger partial charge in [-0.1, -0.05) is 0 Å². The van der Waals surface area contributed by atoms with Crippen LogP contribution in [-0.4, -0.2) is 77.3 Å². The van der Waals surface area contributed by atoms with Crippen molar-refractivity contribution in [3.8, 4) is 23.0 Å². The molecule has 0 aliphatic heterocycles. The van der Waals surface area contributed by atoms with Crippen molar-refractivity contribution in [3.63, 3.8) is 0 Å². The van der Waals surface area contributed by atoms with Crippen molar-refractivity contribution in [3.05, 3.63) is 115 Å². The van der Waals surface area contributed by atoms with Crippen molar-refractivity contribution in [1.82, 2.24) is 0 Å². The molecule has 4 aromatic rings. The van der Waals surface area contributed by atoms with Crippen molar-refractivity contribution in [2.24, 2.45) is 0 Å². The molecule has 0 bridgehead atoms. The molecule has 0 amide bonds. The minimum Gasteiger partial charge on any atom is -0.507 e. The molecule has 57 heavy (non-hydrogen) atoms. The first kappa shape index (κ1) is 45.5. The Morgan fingerprint density at radius 2 is 0.526 bits per heavy atom. The molecule has 0 aromatic heterocycles. The molecule has 4 rings (SSSR count). The van der Waals surface area contributed by atoms with E-state index in [0.717, 1.165) is 22.3 Å². The second-order valence-corrected chi connectivity index (χ2v) is 14.4. The van der Waals surface area contributed by atoms with Gasteiger partial charge in [0, 0.05) is 107 Å². The van der Waals surface area contributed by atoms with Crippen molar-refractivity contribution in [2.75, 3.05) is 56.9 Å². The summed E-state index contributed by atoms with van der Waals surface area (Å²) in [6.45, 7) is 1.49. The number of methoxy groups -OCH3 is 8. The Kier molecular flexibility index (Phi) is 17.6. The first-order valence-corrected chi connectivity index (χ1v) is 18.8. The number of hydrogen-bond acceptors (Lipinski definition) is 12. The van der Waals surface area contributed by atoms with Gasteiger partial charge in [-0.05, 0) is 96.5 Å². The van der Waals surface area contributed by atoms with E-state index in [4.69, 9.17) is 37.9 Å². The summed E-state index contributed by atoms with van der Waals surface area (Å²) < 4.78 is 44.3. The highest BCUT2D eigenvalue weighted by Gasteiger charge is 2.37. The second kappa shape index (κ2) is 22.1. The summed E-state index contributed by atoms with van der Waals surface area (Å²) in [4.78, 5) is 0. The number of ether oxygens (including phenoxy) is 8. The average Bonchev–Trinajstić information content (AvgIpc) is 3.19. The Labute approximate surface area is 336 Å². The summed E-state index contributed by atoms with van der Waals surface area (Å²) >= 11 is 0. The molecule has 0 saturated carbocycles. The van der Waals surface area contributed by atoms with E-state index in [0.29, 0.717) is 70.2 Å². The first-order valence-electron chi connectivity index (χ1n) is 18.8. The molecule has 4 aromatic carbocycles. The monoisotopic (exact) mass is 792 g/mol. The van der Waals surface area contributed by atoms with Gasteiger partial charge in [0.05, 0.1) is 52.9 Å². The van der Waals surface area contributed by atoms with Gasteiger partial charge in [0.1, 0.15) is 23.0 Å². The van der Waals surface area contributed by atoms with Crippen molar-refractivity contribution in [2.45, 2.75) is 84.0 Å². The van der Waals surface area contributed by atoms with Gasteiger partial charge in [-0.3, -0.25) is 0 Å². The molecule has 0 aliphatic rings. The molecule has 0 fully saturated rings. The van der Waals surface area contributed by atoms with Crippen LogP contribution in [0, 0.1) is 0 Å². The average molecular weight is 793 g/mol. The predicted molar refractivity (Wildman–Crippen MR) is 216 cm³/mol. The summed E-state index contributed by atoms with van der Waals surface area (Å²) in [7, 11) is 12.7. The lowest BCUT2D eigenvalue weighted by molar-refractivity contribution is 0.173. The highest BCUT2D eigenvalue weighted by atomic mass is 16.5. The van der Waals surface area contributed by atoms with Gasteiger partial charge in [-0.15, -0.1) is 0 Å². The Hall–Kier alpha value is -4.24. The van der Waals surface area contributed by atoms with Crippen molar-refractivity contribution < 1.29 is 58.3 Å². The summed E-state index contributed by atoms with van der Waals surface area (Å²) in [5.41, 5.74) is 7.92. The van der Waals surface area contributed by atoms with Crippen LogP contribution in [0.5, 0.6) is 23.0 Å². The predicted octanol–water partition coefficient (Wildman–Crippen LogP) is 7.23. The van der Waals surface area contributed by atoms with Crippen LogP contribution in [0.2, 0.25) is 0 Å². The Balaban J connectivity index is 2.09. The molecule has 312 valence electrons. The Morgan fingerprint density at radius 3 is 0.719 bits per heavy atom. The summed E-state index contributed by atoms with van der Waals surface area (Å²) in [6.07, 6.45) is 2.18. The number of phenolic OH excluding ortho intramolecular Hbond substituents is 4. The molecule has 4 N–H and O–H groups in total. The molecular weight excluding hydrogens is 732 g/mol. The van der Waals surface area contributed by atoms with Crippen LogP contribution in [-0.2, 0) is 109 Å². The molecule has 0 atom stereocenters. The standard InChI is InChI=1S/C45H60O12/c1-50-21-31-13-29(14-32(22-51-2)41(31)46)9-11-45(39-17-35(25-54-5)43(48)36(18-39)26-55-6,40-19-37(27-56-7)44(49)38(20-40)28-57-8)12-10-30-15-33(23-52-3)42(47)34(16-30)24-53-4/h13-20,46-49H,9-12,21-28H2,1-8H3. The van der Waals surface area contributed by atoms with Crippen LogP contribution in [0.3, 0.4) is 0 Å². The Morgan fingerprint density at radius 1 is 0.333 bits per heavy atom. The molecule has 0 saturated heterocycles. The molecular formula is C45H60O12. The van der Waals surface area contributed by atoms with Gasteiger partial charge in [0.15, 0.2) is 0 Å². The zero-order chi connectivity index (χ0) is 41.5. The molecule has 0 unspecified atom stereocenters. The quantitative estimate of drug-likeness (QED) is 0.0566. The number of hydrogen-bond donors (Lipinski definition) is 4. The lowest BCUT2D eigenvalue weighted by Crippen LogP contribution is -2.31. The van der Waals surface area contributed by atoms with Gasteiger partial charge in [-0.25, -0.2) is 0 Å². The summed E-state index contributed by atoms with van der Waals surface area (Å²) in [6, 6.07) is 15.8. The van der Waals surface area contributed by atoms with Crippen LogP contribution in [0.1, 0.15) is 79.6 Å². The third kappa shape index (κ3) is 11.0. The minimum atomic E-state index is -0.807.